The van der Waals surface area contributed by atoms with Gasteiger partial charge in [-0.1, -0.05) is 55.1 Å². The van der Waals surface area contributed by atoms with Gasteiger partial charge in [-0.25, -0.2) is 9.59 Å². The van der Waals surface area contributed by atoms with Gasteiger partial charge in [0, 0.05) is 28.2 Å². The summed E-state index contributed by atoms with van der Waals surface area (Å²) in [4.78, 5) is 25.4. The van der Waals surface area contributed by atoms with E-state index < -0.39 is 0 Å². The molecule has 0 saturated carbocycles. The molecule has 0 bridgehead atoms. The Labute approximate surface area is 226 Å². The number of aryl methyl sites for hydroxylation is 3. The van der Waals surface area contributed by atoms with E-state index in [1.165, 1.54) is 16.7 Å². The van der Waals surface area contributed by atoms with Crippen molar-refractivity contribution in [1.82, 2.24) is 0 Å². The standard InChI is InChI=1S/C33H37NO4/c1-24(2)32(35)37-21-7-10-27-15-19-30(20-16-27)34(29-17-13-26(5)14-18-29)31-12-6-9-28(23-31)11-8-22-38-33(36)25(3)4/h6,9,12-20,23H,1,3,7-8,10-11,21-22H2,2,4-5H3. The number of nitrogens with zero attached hydrogens (tertiary/aromatic N) is 1. The third-order valence-electron chi connectivity index (χ3n) is 6.04. The SMILES string of the molecule is C=C(C)C(=O)OCCCc1ccc(N(c2ccc(C)cc2)c2cccc(CCCOC(=O)C(=C)C)c2)cc1. The summed E-state index contributed by atoms with van der Waals surface area (Å²) in [6, 6.07) is 25.4. The molecular weight excluding hydrogens is 474 g/mol. The first kappa shape index (κ1) is 28.5. The third kappa shape index (κ3) is 8.48. The van der Waals surface area contributed by atoms with E-state index in [1.807, 2.05) is 0 Å². The van der Waals surface area contributed by atoms with Crippen LogP contribution in [0.5, 0.6) is 0 Å². The van der Waals surface area contributed by atoms with Crippen molar-refractivity contribution in [2.45, 2.75) is 46.5 Å². The van der Waals surface area contributed by atoms with Crippen molar-refractivity contribution in [3.8, 4) is 0 Å². The lowest BCUT2D eigenvalue weighted by Crippen LogP contribution is -2.11. The number of benzene rings is 3. The molecule has 5 nitrogen and oxygen atoms in total. The summed E-state index contributed by atoms with van der Waals surface area (Å²) in [5, 5.41) is 0. The number of rotatable bonds is 13. The average Bonchev–Trinajstić information content (AvgIpc) is 2.91. The van der Waals surface area contributed by atoms with E-state index in [0.29, 0.717) is 24.4 Å². The molecule has 0 amide bonds. The van der Waals surface area contributed by atoms with Crippen LogP contribution in [0.3, 0.4) is 0 Å². The van der Waals surface area contributed by atoms with Gasteiger partial charge < -0.3 is 14.4 Å². The smallest absolute Gasteiger partial charge is 0.333 e. The third-order valence-corrected chi connectivity index (χ3v) is 6.04. The largest absolute Gasteiger partial charge is 0.462 e. The fourth-order valence-corrected chi connectivity index (χ4v) is 3.93. The quantitative estimate of drug-likeness (QED) is 0.135. The zero-order valence-electron chi connectivity index (χ0n) is 22.7. The van der Waals surface area contributed by atoms with Crippen LogP contribution in [0.1, 0.15) is 43.4 Å². The first-order chi connectivity index (χ1) is 18.2. The molecule has 0 atom stereocenters. The minimum absolute atomic E-state index is 0.343. The Hall–Kier alpha value is -4.12. The second kappa shape index (κ2) is 14.0. The maximum absolute atomic E-state index is 11.6. The van der Waals surface area contributed by atoms with Crippen LogP contribution in [0, 0.1) is 6.92 Å². The van der Waals surface area contributed by atoms with Crippen LogP contribution < -0.4 is 4.90 Å². The molecule has 0 unspecified atom stereocenters. The monoisotopic (exact) mass is 511 g/mol. The zero-order valence-corrected chi connectivity index (χ0v) is 22.7. The van der Waals surface area contributed by atoms with Crippen LogP contribution in [-0.2, 0) is 31.9 Å². The van der Waals surface area contributed by atoms with Gasteiger partial charge >= 0.3 is 11.9 Å². The van der Waals surface area contributed by atoms with Gasteiger partial charge in [0.05, 0.1) is 13.2 Å². The van der Waals surface area contributed by atoms with Crippen LogP contribution in [0.25, 0.3) is 0 Å². The number of esters is 2. The van der Waals surface area contributed by atoms with Gasteiger partial charge in [-0.05, 0) is 94.0 Å². The van der Waals surface area contributed by atoms with E-state index in [9.17, 15) is 9.59 Å². The molecule has 0 spiro atoms. The lowest BCUT2D eigenvalue weighted by Gasteiger charge is -2.26. The molecule has 38 heavy (non-hydrogen) atoms. The molecule has 0 fully saturated rings. The summed E-state index contributed by atoms with van der Waals surface area (Å²) in [6.07, 6.45) is 3.11. The molecule has 5 heteroatoms. The molecule has 0 aliphatic rings. The van der Waals surface area contributed by atoms with Crippen LogP contribution >= 0.6 is 0 Å². The molecule has 3 aromatic rings. The van der Waals surface area contributed by atoms with Crippen LogP contribution in [-0.4, -0.2) is 25.2 Å². The van der Waals surface area contributed by atoms with Crippen LogP contribution in [0.15, 0.2) is 97.1 Å². The van der Waals surface area contributed by atoms with Crippen molar-refractivity contribution in [3.05, 3.63) is 114 Å². The lowest BCUT2D eigenvalue weighted by atomic mass is 10.1. The molecule has 0 heterocycles. The first-order valence-corrected chi connectivity index (χ1v) is 12.9. The van der Waals surface area contributed by atoms with Crippen LogP contribution in [0.2, 0.25) is 0 Å². The number of ether oxygens (including phenoxy) is 2. The highest BCUT2D eigenvalue weighted by atomic mass is 16.5. The second-order valence-electron chi connectivity index (χ2n) is 9.55. The molecule has 0 aliphatic heterocycles. The van der Waals surface area contributed by atoms with E-state index in [1.54, 1.807) is 13.8 Å². The van der Waals surface area contributed by atoms with Crippen LogP contribution in [0.4, 0.5) is 17.1 Å². The highest BCUT2D eigenvalue weighted by Gasteiger charge is 2.13. The molecule has 0 radical (unpaired) electrons. The summed E-state index contributed by atoms with van der Waals surface area (Å²) in [7, 11) is 0. The highest BCUT2D eigenvalue weighted by Crippen LogP contribution is 2.35. The van der Waals surface area contributed by atoms with Gasteiger partial charge in [0.15, 0.2) is 0 Å². The summed E-state index contributed by atoms with van der Waals surface area (Å²) in [5.41, 5.74) is 7.58. The Kier molecular flexibility index (Phi) is 10.5. The molecule has 0 N–H and O–H groups in total. The predicted molar refractivity (Wildman–Crippen MR) is 154 cm³/mol. The minimum atomic E-state index is -0.347. The predicted octanol–water partition coefficient (Wildman–Crippen LogP) is 7.57. The topological polar surface area (TPSA) is 55.8 Å². The summed E-state index contributed by atoms with van der Waals surface area (Å²) < 4.78 is 10.4. The van der Waals surface area contributed by atoms with Crippen molar-refractivity contribution in [3.63, 3.8) is 0 Å². The molecule has 0 saturated heterocycles. The Morgan fingerprint density at radius 2 is 1.18 bits per heavy atom. The maximum Gasteiger partial charge on any atom is 0.333 e. The fraction of sp³-hybridized carbons (Fsp3) is 0.273. The number of carbonyl (C=O) groups excluding carboxylic acids is 2. The molecular formula is C33H37NO4. The summed E-state index contributed by atoms with van der Waals surface area (Å²) in [5.74, 6) is -0.690. The first-order valence-electron chi connectivity index (χ1n) is 12.9. The van der Waals surface area contributed by atoms with E-state index in [0.717, 1.165) is 42.7 Å². The summed E-state index contributed by atoms with van der Waals surface area (Å²) >= 11 is 0. The Morgan fingerprint density at radius 3 is 1.71 bits per heavy atom. The maximum atomic E-state index is 11.6. The highest BCUT2D eigenvalue weighted by molar-refractivity contribution is 5.87. The van der Waals surface area contributed by atoms with Gasteiger partial charge in [0.25, 0.3) is 0 Å². The summed E-state index contributed by atoms with van der Waals surface area (Å²) in [6.45, 7) is 13.4. The van der Waals surface area contributed by atoms with Gasteiger partial charge in [-0.2, -0.15) is 0 Å². The van der Waals surface area contributed by atoms with Crippen molar-refractivity contribution >= 4 is 29.0 Å². The van der Waals surface area contributed by atoms with Gasteiger partial charge in [-0.3, -0.25) is 0 Å². The average molecular weight is 512 g/mol. The van der Waals surface area contributed by atoms with Crippen molar-refractivity contribution in [2.75, 3.05) is 18.1 Å². The van der Waals surface area contributed by atoms with E-state index in [-0.39, 0.29) is 11.9 Å². The van der Waals surface area contributed by atoms with Gasteiger partial charge in [-0.15, -0.1) is 0 Å². The number of anilines is 3. The van der Waals surface area contributed by atoms with Crippen molar-refractivity contribution in [2.24, 2.45) is 0 Å². The Morgan fingerprint density at radius 1 is 0.684 bits per heavy atom. The van der Waals surface area contributed by atoms with E-state index in [2.05, 4.69) is 97.8 Å². The molecule has 198 valence electrons. The second-order valence-corrected chi connectivity index (χ2v) is 9.55. The van der Waals surface area contributed by atoms with E-state index in [4.69, 9.17) is 9.47 Å². The number of hydrogen-bond donors (Lipinski definition) is 0. The van der Waals surface area contributed by atoms with Gasteiger partial charge in [0.2, 0.25) is 0 Å². The van der Waals surface area contributed by atoms with Crippen molar-refractivity contribution < 1.29 is 19.1 Å². The lowest BCUT2D eigenvalue weighted by molar-refractivity contribution is -0.139. The van der Waals surface area contributed by atoms with Gasteiger partial charge in [0.1, 0.15) is 0 Å². The Balaban J connectivity index is 1.73. The molecule has 0 aromatic heterocycles. The molecule has 3 aromatic carbocycles. The van der Waals surface area contributed by atoms with E-state index >= 15 is 0 Å². The molecule has 3 rings (SSSR count). The minimum Gasteiger partial charge on any atom is -0.462 e. The zero-order chi connectivity index (χ0) is 27.5. The molecule has 0 aliphatic carbocycles. The normalized spacial score (nSPS) is 10.5. The van der Waals surface area contributed by atoms with Crippen molar-refractivity contribution in [1.29, 1.82) is 0 Å². The number of carbonyl (C=O) groups is 2. The number of hydrogen-bond acceptors (Lipinski definition) is 5. The fourth-order valence-electron chi connectivity index (χ4n) is 3.93. The Bertz CT molecular complexity index is 1260.